The molecule has 1 N–H and O–H groups in total. The van der Waals surface area contributed by atoms with Gasteiger partial charge in [-0.3, -0.25) is 9.79 Å². The molecule has 1 aromatic carbocycles. The predicted molar refractivity (Wildman–Crippen MR) is 137 cm³/mol. The predicted octanol–water partition coefficient (Wildman–Crippen LogP) is 7.55. The number of carbonyl (C=O) groups is 1. The minimum atomic E-state index is 0.444. The molecule has 0 radical (unpaired) electrons. The van der Waals surface area contributed by atoms with E-state index in [0.717, 1.165) is 30.4 Å². The van der Waals surface area contributed by atoms with Crippen LogP contribution in [0.2, 0.25) is 0 Å². The Hall–Kier alpha value is -2.39. The van der Waals surface area contributed by atoms with Crippen molar-refractivity contribution in [2.75, 3.05) is 18.2 Å². The van der Waals surface area contributed by atoms with Gasteiger partial charge in [0.25, 0.3) is 0 Å². The molecule has 1 aromatic rings. The van der Waals surface area contributed by atoms with Gasteiger partial charge in [0.15, 0.2) is 0 Å². The van der Waals surface area contributed by atoms with E-state index in [0.29, 0.717) is 11.5 Å². The summed E-state index contributed by atoms with van der Waals surface area (Å²) in [7, 11) is 1.93. The third-order valence-corrected chi connectivity index (χ3v) is 3.99. The van der Waals surface area contributed by atoms with Crippen molar-refractivity contribution in [2.24, 2.45) is 4.99 Å². The fourth-order valence-corrected chi connectivity index (χ4v) is 2.35. The molecule has 0 unspecified atom stereocenters. The summed E-state index contributed by atoms with van der Waals surface area (Å²) in [6, 6.07) is 8.48. The summed E-state index contributed by atoms with van der Waals surface area (Å²) in [6.45, 7) is 11.8. The summed E-state index contributed by atoms with van der Waals surface area (Å²) in [4.78, 5) is 14.9. The zero-order valence-corrected chi connectivity index (χ0v) is 20.5. The first-order valence-corrected chi connectivity index (χ1v) is 11.0. The molecule has 1 rings (SSSR count). The second-order valence-corrected chi connectivity index (χ2v) is 6.23. The number of halogens is 1. The third-order valence-electron chi connectivity index (χ3n) is 3.84. The zero-order chi connectivity index (χ0) is 23.2. The first-order valence-electron chi connectivity index (χ1n) is 10.5. The zero-order valence-electron chi connectivity index (χ0n) is 19.7. The van der Waals surface area contributed by atoms with Crippen molar-refractivity contribution >= 4 is 29.8 Å². The molecule has 0 atom stereocenters. The number of aryl methyl sites for hydroxylation is 1. The molecular weight excluding hydrogens is 392 g/mol. The number of benzene rings is 1. The van der Waals surface area contributed by atoms with E-state index >= 15 is 0 Å². The van der Waals surface area contributed by atoms with Crippen LogP contribution in [0.5, 0.6) is 0 Å². The molecule has 0 spiro atoms. The number of allylic oxidation sites excluding steroid dienone is 7. The number of rotatable bonds is 9. The van der Waals surface area contributed by atoms with Crippen LogP contribution in [-0.4, -0.2) is 25.4 Å². The van der Waals surface area contributed by atoms with Gasteiger partial charge in [-0.2, -0.15) is 0 Å². The Labute approximate surface area is 189 Å². The lowest BCUT2D eigenvalue weighted by Crippen LogP contribution is -1.88. The third kappa shape index (κ3) is 14.6. The van der Waals surface area contributed by atoms with Crippen molar-refractivity contribution < 1.29 is 4.79 Å². The number of carbonyl (C=O) groups excluding carboxylic acids is 1. The van der Waals surface area contributed by atoms with Gasteiger partial charge in [0.2, 0.25) is 0 Å². The SMILES string of the molecule is CC.CC=NC(=C\C=C(/C)C=O)/C(=C/CCl)C/C=C\C.CCc1ccc(NC)cc1. The minimum absolute atomic E-state index is 0.444. The lowest BCUT2D eigenvalue weighted by atomic mass is 10.1. The standard InChI is InChI=1S/C15H20ClNO.C9H13N.C2H6/c1-4-6-7-14(10-11-16)15(17-5-2)9-8-13(3)12-18;1-3-8-4-6-9(10-2)7-5-8;1-2/h4-6,8-10,12H,7,11H2,1-3H3;4-7,10H,3H2,1-2H3;1-2H3/b6-4-,13-8+,14-10+,15-9-,17-5?;;. The van der Waals surface area contributed by atoms with Crippen molar-refractivity contribution in [1.29, 1.82) is 0 Å². The van der Waals surface area contributed by atoms with E-state index in [2.05, 4.69) is 41.5 Å². The Morgan fingerprint density at radius 3 is 2.20 bits per heavy atom. The number of aldehydes is 1. The first kappa shape index (κ1) is 29.8. The Morgan fingerprint density at radius 1 is 1.13 bits per heavy atom. The molecular formula is C26H39ClN2O. The first-order chi connectivity index (χ1) is 14.6. The lowest BCUT2D eigenvalue weighted by molar-refractivity contribution is -0.104. The number of nitrogens with zero attached hydrogens (tertiary/aromatic N) is 1. The van der Waals surface area contributed by atoms with Crippen molar-refractivity contribution in [3.05, 3.63) is 77.1 Å². The summed E-state index contributed by atoms with van der Waals surface area (Å²) in [5.74, 6) is 0.444. The largest absolute Gasteiger partial charge is 0.388 e. The van der Waals surface area contributed by atoms with Crippen LogP contribution in [0.15, 0.2) is 76.5 Å². The molecule has 0 aliphatic heterocycles. The Morgan fingerprint density at radius 2 is 1.77 bits per heavy atom. The monoisotopic (exact) mass is 430 g/mol. The highest BCUT2D eigenvalue weighted by Crippen LogP contribution is 2.17. The van der Waals surface area contributed by atoms with Crippen LogP contribution < -0.4 is 5.32 Å². The lowest BCUT2D eigenvalue weighted by Gasteiger charge is -2.04. The minimum Gasteiger partial charge on any atom is -0.388 e. The normalized spacial score (nSPS) is 12.2. The summed E-state index contributed by atoms with van der Waals surface area (Å²) in [5.41, 5.74) is 5.11. The van der Waals surface area contributed by atoms with Crippen LogP contribution >= 0.6 is 11.6 Å². The van der Waals surface area contributed by atoms with Gasteiger partial charge in [-0.1, -0.05) is 57.2 Å². The Kier molecular flexibility index (Phi) is 21.2. The van der Waals surface area contributed by atoms with Crippen LogP contribution in [0.3, 0.4) is 0 Å². The molecule has 166 valence electrons. The van der Waals surface area contributed by atoms with Crippen LogP contribution in [0.1, 0.15) is 53.5 Å². The number of anilines is 1. The number of hydrogen-bond donors (Lipinski definition) is 1. The van der Waals surface area contributed by atoms with Gasteiger partial charge in [-0.25, -0.2) is 0 Å². The molecule has 0 aliphatic rings. The molecule has 0 saturated heterocycles. The van der Waals surface area contributed by atoms with Gasteiger partial charge in [-0.05, 0) is 68.5 Å². The quantitative estimate of drug-likeness (QED) is 0.110. The van der Waals surface area contributed by atoms with Crippen LogP contribution in [-0.2, 0) is 11.2 Å². The van der Waals surface area contributed by atoms with Gasteiger partial charge >= 0.3 is 0 Å². The van der Waals surface area contributed by atoms with E-state index in [1.165, 1.54) is 11.3 Å². The molecule has 0 aromatic heterocycles. The molecule has 30 heavy (non-hydrogen) atoms. The van der Waals surface area contributed by atoms with E-state index < -0.39 is 0 Å². The van der Waals surface area contributed by atoms with Gasteiger partial charge in [0, 0.05) is 24.8 Å². The highest BCUT2D eigenvalue weighted by atomic mass is 35.5. The Balaban J connectivity index is 0. The number of nitrogens with one attached hydrogen (secondary N) is 1. The van der Waals surface area contributed by atoms with E-state index in [4.69, 9.17) is 11.6 Å². The van der Waals surface area contributed by atoms with Crippen molar-refractivity contribution in [3.8, 4) is 0 Å². The topological polar surface area (TPSA) is 41.5 Å². The summed E-state index contributed by atoms with van der Waals surface area (Å²) in [5, 5.41) is 3.08. The summed E-state index contributed by atoms with van der Waals surface area (Å²) in [6.07, 6.45) is 14.0. The highest BCUT2D eigenvalue weighted by molar-refractivity contribution is 6.19. The van der Waals surface area contributed by atoms with Gasteiger partial charge in [0.1, 0.15) is 6.29 Å². The van der Waals surface area contributed by atoms with Crippen LogP contribution in [0, 0.1) is 0 Å². The average molecular weight is 431 g/mol. The fourth-order valence-electron chi connectivity index (χ4n) is 2.16. The maximum absolute atomic E-state index is 10.6. The van der Waals surface area contributed by atoms with E-state index in [-0.39, 0.29) is 0 Å². The molecule has 4 heteroatoms. The number of alkyl halides is 1. The molecule has 3 nitrogen and oxygen atoms in total. The number of aliphatic imine (C=N–C) groups is 1. The van der Waals surface area contributed by atoms with Gasteiger partial charge < -0.3 is 5.32 Å². The molecule has 0 fully saturated rings. The highest BCUT2D eigenvalue weighted by Gasteiger charge is 2.00. The molecule has 0 aliphatic carbocycles. The van der Waals surface area contributed by atoms with Gasteiger partial charge in [0.05, 0.1) is 5.70 Å². The maximum atomic E-state index is 10.6. The number of hydrogen-bond acceptors (Lipinski definition) is 3. The smallest absolute Gasteiger partial charge is 0.145 e. The van der Waals surface area contributed by atoms with E-state index in [1.54, 1.807) is 19.2 Å². The van der Waals surface area contributed by atoms with E-state index in [1.807, 2.05) is 59.0 Å². The molecule has 0 saturated carbocycles. The van der Waals surface area contributed by atoms with E-state index in [9.17, 15) is 4.79 Å². The summed E-state index contributed by atoms with van der Waals surface area (Å²) < 4.78 is 0. The molecule has 0 amide bonds. The summed E-state index contributed by atoms with van der Waals surface area (Å²) >= 11 is 5.76. The fraction of sp³-hybridized carbons (Fsp3) is 0.385. The Bertz CT molecular complexity index is 688. The molecule has 0 heterocycles. The molecule has 0 bridgehead atoms. The second kappa shape index (κ2) is 21.3. The second-order valence-electron chi connectivity index (χ2n) is 5.93. The van der Waals surface area contributed by atoms with Crippen molar-refractivity contribution in [3.63, 3.8) is 0 Å². The van der Waals surface area contributed by atoms with Crippen LogP contribution in [0.25, 0.3) is 0 Å². The average Bonchev–Trinajstić information content (AvgIpc) is 2.81. The van der Waals surface area contributed by atoms with Gasteiger partial charge in [-0.15, -0.1) is 11.6 Å². The van der Waals surface area contributed by atoms with Crippen molar-refractivity contribution in [1.82, 2.24) is 0 Å². The maximum Gasteiger partial charge on any atom is 0.145 e. The van der Waals surface area contributed by atoms with Crippen molar-refractivity contribution in [2.45, 2.75) is 54.4 Å². The van der Waals surface area contributed by atoms with Crippen LogP contribution in [0.4, 0.5) is 5.69 Å².